The minimum atomic E-state index is -0.694. The Bertz CT molecular complexity index is 406. The zero-order valence-corrected chi connectivity index (χ0v) is 13.2. The van der Waals surface area contributed by atoms with Crippen LogP contribution in [0.4, 0.5) is 0 Å². The lowest BCUT2D eigenvalue weighted by Crippen LogP contribution is -2.23. The van der Waals surface area contributed by atoms with Crippen LogP contribution < -0.4 is 0 Å². The van der Waals surface area contributed by atoms with Crippen LogP contribution in [-0.2, 0) is 4.79 Å². The number of aryl methyl sites for hydroxylation is 3. The molecule has 108 valence electrons. The lowest BCUT2D eigenvalue weighted by Gasteiger charge is -2.17. The Morgan fingerprint density at radius 3 is 2.11 bits per heavy atom. The molecule has 0 saturated carbocycles. The van der Waals surface area contributed by atoms with Gasteiger partial charge in [0.25, 0.3) is 0 Å². The second kappa shape index (κ2) is 7.98. The molecule has 19 heavy (non-hydrogen) atoms. The SMILES string of the molecule is CCCCC(C)(C)C(=O)O.Cc1ccc(C)c(C)c1. The first kappa shape index (κ1) is 17.7. The first-order valence-corrected chi connectivity index (χ1v) is 6.98. The number of carboxylic acid groups (broad SMARTS) is 1. The maximum atomic E-state index is 10.5. The Labute approximate surface area is 117 Å². The number of aliphatic carboxylic acids is 1. The molecule has 0 bridgehead atoms. The number of carbonyl (C=O) groups is 1. The van der Waals surface area contributed by atoms with Gasteiger partial charge in [0.1, 0.15) is 0 Å². The Kier molecular flexibility index (Phi) is 7.43. The molecule has 0 heterocycles. The van der Waals surface area contributed by atoms with Crippen LogP contribution in [0.25, 0.3) is 0 Å². The maximum Gasteiger partial charge on any atom is 0.309 e. The summed E-state index contributed by atoms with van der Waals surface area (Å²) >= 11 is 0. The van der Waals surface area contributed by atoms with Gasteiger partial charge in [0, 0.05) is 0 Å². The van der Waals surface area contributed by atoms with Gasteiger partial charge < -0.3 is 5.11 Å². The van der Waals surface area contributed by atoms with Gasteiger partial charge in [-0.3, -0.25) is 4.79 Å². The lowest BCUT2D eigenvalue weighted by molar-refractivity contribution is -0.147. The molecule has 0 saturated heterocycles. The number of hydrogen-bond acceptors (Lipinski definition) is 1. The molecule has 0 aliphatic heterocycles. The van der Waals surface area contributed by atoms with E-state index >= 15 is 0 Å². The molecule has 2 heteroatoms. The normalized spacial score (nSPS) is 10.6. The van der Waals surface area contributed by atoms with Crippen LogP contribution in [0.5, 0.6) is 0 Å². The smallest absolute Gasteiger partial charge is 0.309 e. The van der Waals surface area contributed by atoms with Crippen LogP contribution in [0.3, 0.4) is 0 Å². The quantitative estimate of drug-likeness (QED) is 0.839. The van der Waals surface area contributed by atoms with Gasteiger partial charge in [0.2, 0.25) is 0 Å². The molecule has 0 atom stereocenters. The minimum absolute atomic E-state index is 0.532. The van der Waals surface area contributed by atoms with E-state index in [9.17, 15) is 4.79 Å². The summed E-state index contributed by atoms with van der Waals surface area (Å²) in [6.45, 7) is 12.0. The van der Waals surface area contributed by atoms with Crippen LogP contribution in [0, 0.1) is 26.2 Å². The number of rotatable bonds is 4. The maximum absolute atomic E-state index is 10.5. The summed E-state index contributed by atoms with van der Waals surface area (Å²) in [5.74, 6) is -0.694. The van der Waals surface area contributed by atoms with Crippen LogP contribution in [0.15, 0.2) is 18.2 Å². The van der Waals surface area contributed by atoms with E-state index in [1.54, 1.807) is 13.8 Å². The zero-order valence-electron chi connectivity index (χ0n) is 13.2. The molecule has 0 amide bonds. The summed E-state index contributed by atoms with van der Waals surface area (Å²) in [6.07, 6.45) is 2.84. The summed E-state index contributed by atoms with van der Waals surface area (Å²) in [7, 11) is 0. The van der Waals surface area contributed by atoms with E-state index in [1.807, 2.05) is 0 Å². The predicted octanol–water partition coefficient (Wildman–Crippen LogP) is 4.90. The highest BCUT2D eigenvalue weighted by molar-refractivity contribution is 5.73. The average molecular weight is 264 g/mol. The summed E-state index contributed by atoms with van der Waals surface area (Å²) in [4.78, 5) is 10.5. The molecule has 0 radical (unpaired) electrons. The fourth-order valence-corrected chi connectivity index (χ4v) is 1.62. The van der Waals surface area contributed by atoms with Gasteiger partial charge in [-0.1, -0.05) is 43.5 Å². The molecule has 2 nitrogen and oxygen atoms in total. The summed E-state index contributed by atoms with van der Waals surface area (Å²) in [6, 6.07) is 6.50. The van der Waals surface area contributed by atoms with Crippen molar-refractivity contribution in [3.63, 3.8) is 0 Å². The summed E-state index contributed by atoms with van der Waals surface area (Å²) in [5, 5.41) is 8.67. The Morgan fingerprint density at radius 1 is 1.16 bits per heavy atom. The standard InChI is InChI=1S/C9H12.C8H16O2/c1-7-4-5-8(2)9(3)6-7;1-4-5-6-8(2,3)7(9)10/h4-6H,1-3H3;4-6H2,1-3H3,(H,9,10). The summed E-state index contributed by atoms with van der Waals surface area (Å²) in [5.41, 5.74) is 3.57. The van der Waals surface area contributed by atoms with Gasteiger partial charge in [0.15, 0.2) is 0 Å². The van der Waals surface area contributed by atoms with Crippen molar-refractivity contribution in [2.45, 2.75) is 60.8 Å². The summed E-state index contributed by atoms with van der Waals surface area (Å²) < 4.78 is 0. The van der Waals surface area contributed by atoms with Crippen molar-refractivity contribution in [1.29, 1.82) is 0 Å². The molecule has 0 unspecified atom stereocenters. The van der Waals surface area contributed by atoms with Gasteiger partial charge >= 0.3 is 5.97 Å². The van der Waals surface area contributed by atoms with Crippen molar-refractivity contribution in [3.8, 4) is 0 Å². The van der Waals surface area contributed by atoms with Gasteiger partial charge in [0.05, 0.1) is 5.41 Å². The second-order valence-electron chi connectivity index (χ2n) is 5.88. The van der Waals surface area contributed by atoms with E-state index in [0.717, 1.165) is 19.3 Å². The van der Waals surface area contributed by atoms with E-state index in [-0.39, 0.29) is 0 Å². The van der Waals surface area contributed by atoms with E-state index in [2.05, 4.69) is 45.9 Å². The topological polar surface area (TPSA) is 37.3 Å². The van der Waals surface area contributed by atoms with Crippen molar-refractivity contribution in [3.05, 3.63) is 34.9 Å². The van der Waals surface area contributed by atoms with E-state index in [0.29, 0.717) is 0 Å². The third-order valence-corrected chi connectivity index (χ3v) is 3.40. The van der Waals surface area contributed by atoms with Crippen LogP contribution >= 0.6 is 0 Å². The molecule has 1 aromatic carbocycles. The van der Waals surface area contributed by atoms with Crippen molar-refractivity contribution in [2.24, 2.45) is 5.41 Å². The van der Waals surface area contributed by atoms with Gasteiger partial charge in [-0.15, -0.1) is 0 Å². The minimum Gasteiger partial charge on any atom is -0.481 e. The van der Waals surface area contributed by atoms with Crippen LogP contribution in [0.1, 0.15) is 56.7 Å². The zero-order chi connectivity index (χ0) is 15.1. The third kappa shape index (κ3) is 7.00. The molecule has 1 rings (SSSR count). The molecule has 1 aromatic rings. The molecule has 0 aromatic heterocycles. The number of benzene rings is 1. The Hall–Kier alpha value is -1.31. The first-order chi connectivity index (χ1) is 8.70. The molecule has 0 aliphatic carbocycles. The average Bonchev–Trinajstić information content (AvgIpc) is 2.32. The fourth-order valence-electron chi connectivity index (χ4n) is 1.62. The molecule has 0 fully saturated rings. The predicted molar refractivity (Wildman–Crippen MR) is 81.6 cm³/mol. The number of unbranched alkanes of at least 4 members (excludes halogenated alkanes) is 1. The van der Waals surface area contributed by atoms with Crippen LogP contribution in [0.2, 0.25) is 0 Å². The number of carboxylic acids is 1. The van der Waals surface area contributed by atoms with E-state index < -0.39 is 11.4 Å². The molecular formula is C17H28O2. The third-order valence-electron chi connectivity index (χ3n) is 3.40. The monoisotopic (exact) mass is 264 g/mol. The van der Waals surface area contributed by atoms with Gasteiger partial charge in [-0.2, -0.15) is 0 Å². The molecular weight excluding hydrogens is 236 g/mol. The first-order valence-electron chi connectivity index (χ1n) is 6.98. The Morgan fingerprint density at radius 2 is 1.74 bits per heavy atom. The molecule has 0 aliphatic rings. The largest absolute Gasteiger partial charge is 0.481 e. The van der Waals surface area contributed by atoms with Crippen molar-refractivity contribution >= 4 is 5.97 Å². The Balaban J connectivity index is 0.000000342. The van der Waals surface area contributed by atoms with Gasteiger partial charge in [-0.25, -0.2) is 0 Å². The lowest BCUT2D eigenvalue weighted by atomic mass is 9.88. The van der Waals surface area contributed by atoms with E-state index in [1.165, 1.54) is 16.7 Å². The van der Waals surface area contributed by atoms with Crippen molar-refractivity contribution < 1.29 is 9.90 Å². The van der Waals surface area contributed by atoms with Crippen molar-refractivity contribution in [1.82, 2.24) is 0 Å². The second-order valence-corrected chi connectivity index (χ2v) is 5.88. The van der Waals surface area contributed by atoms with Crippen LogP contribution in [-0.4, -0.2) is 11.1 Å². The highest BCUT2D eigenvalue weighted by atomic mass is 16.4. The highest BCUT2D eigenvalue weighted by Gasteiger charge is 2.25. The number of hydrogen-bond donors (Lipinski definition) is 1. The van der Waals surface area contributed by atoms with Crippen molar-refractivity contribution in [2.75, 3.05) is 0 Å². The fraction of sp³-hybridized carbons (Fsp3) is 0.588. The van der Waals surface area contributed by atoms with E-state index in [4.69, 9.17) is 5.11 Å². The van der Waals surface area contributed by atoms with Gasteiger partial charge in [-0.05, 0) is 52.2 Å². The molecule has 1 N–H and O–H groups in total. The highest BCUT2D eigenvalue weighted by Crippen LogP contribution is 2.22. The molecule has 0 spiro atoms.